The van der Waals surface area contributed by atoms with E-state index >= 15 is 0 Å². The Kier molecular flexibility index (Phi) is 6.30. The summed E-state index contributed by atoms with van der Waals surface area (Å²) < 4.78 is 1.79. The first-order valence-electron chi connectivity index (χ1n) is 10.2. The second-order valence-corrected chi connectivity index (χ2v) is 8.35. The van der Waals surface area contributed by atoms with Crippen LogP contribution in [0.15, 0.2) is 64.5 Å². The van der Waals surface area contributed by atoms with Crippen LogP contribution in [0.1, 0.15) is 24.8 Å². The molecule has 5 nitrogen and oxygen atoms in total. The van der Waals surface area contributed by atoms with Gasteiger partial charge < -0.3 is 4.90 Å². The number of nitrogens with zero attached hydrogens (tertiary/aromatic N) is 3. The second kappa shape index (κ2) is 9.27. The van der Waals surface area contributed by atoms with Gasteiger partial charge in [0.25, 0.3) is 5.56 Å². The Balaban J connectivity index is 1.51. The molecule has 1 aliphatic heterocycles. The second-order valence-electron chi connectivity index (χ2n) is 7.29. The zero-order chi connectivity index (χ0) is 20.1. The summed E-state index contributed by atoms with van der Waals surface area (Å²) in [5, 5.41) is 1.41. The number of fused-ring (bicyclic) bond motifs is 1. The summed E-state index contributed by atoms with van der Waals surface area (Å²) in [4.78, 5) is 31.6. The highest BCUT2D eigenvalue weighted by Crippen LogP contribution is 2.20. The summed E-state index contributed by atoms with van der Waals surface area (Å²) in [5.74, 6) is 1.09. The highest BCUT2D eigenvalue weighted by Gasteiger charge is 2.19. The Hall–Kier alpha value is -2.60. The summed E-state index contributed by atoms with van der Waals surface area (Å²) in [5.41, 5.74) is 2.03. The van der Waals surface area contributed by atoms with Crippen molar-refractivity contribution in [3.05, 3.63) is 70.5 Å². The molecule has 3 aromatic rings. The van der Waals surface area contributed by atoms with E-state index in [1.165, 1.54) is 5.56 Å². The molecule has 150 valence electrons. The first-order valence-corrected chi connectivity index (χ1v) is 11.1. The normalized spacial score (nSPS) is 14.1. The number of hydrogen-bond acceptors (Lipinski definition) is 4. The Morgan fingerprint density at radius 3 is 2.55 bits per heavy atom. The summed E-state index contributed by atoms with van der Waals surface area (Å²) in [6, 6.07) is 17.9. The van der Waals surface area contributed by atoms with E-state index < -0.39 is 0 Å². The predicted molar refractivity (Wildman–Crippen MR) is 117 cm³/mol. The molecule has 0 unspecified atom stereocenters. The maximum atomic E-state index is 13.1. The van der Waals surface area contributed by atoms with Gasteiger partial charge in [-0.2, -0.15) is 0 Å². The van der Waals surface area contributed by atoms with Crippen LogP contribution in [0.25, 0.3) is 10.9 Å². The molecule has 4 rings (SSSR count). The number of aromatic nitrogens is 2. The Morgan fingerprint density at radius 1 is 0.966 bits per heavy atom. The zero-order valence-electron chi connectivity index (χ0n) is 16.4. The number of carbonyl (C=O) groups is 1. The third-order valence-corrected chi connectivity index (χ3v) is 6.25. The molecule has 0 N–H and O–H groups in total. The molecule has 0 saturated carbocycles. The highest BCUT2D eigenvalue weighted by molar-refractivity contribution is 7.99. The summed E-state index contributed by atoms with van der Waals surface area (Å²) in [6.45, 7) is 2.11. The molecule has 0 bridgehead atoms. The Morgan fingerprint density at radius 2 is 1.76 bits per heavy atom. The van der Waals surface area contributed by atoms with E-state index in [2.05, 4.69) is 12.1 Å². The van der Waals surface area contributed by atoms with Gasteiger partial charge in [-0.1, -0.05) is 54.2 Å². The molecule has 1 amide bonds. The first-order chi connectivity index (χ1) is 14.2. The van der Waals surface area contributed by atoms with Crippen molar-refractivity contribution in [3.63, 3.8) is 0 Å². The van der Waals surface area contributed by atoms with E-state index in [1.807, 2.05) is 47.4 Å². The SMILES string of the molecule is O=C1CCCN1CCCn1c(SCCc2ccccc2)nc2ccccc2c1=O. The highest BCUT2D eigenvalue weighted by atomic mass is 32.2. The molecule has 0 aliphatic carbocycles. The van der Waals surface area contributed by atoms with E-state index in [0.717, 1.165) is 42.2 Å². The fourth-order valence-corrected chi connectivity index (χ4v) is 4.73. The van der Waals surface area contributed by atoms with Gasteiger partial charge in [0, 0.05) is 31.8 Å². The number of rotatable bonds is 8. The molecular formula is C23H25N3O2S. The van der Waals surface area contributed by atoms with E-state index in [9.17, 15) is 9.59 Å². The quantitative estimate of drug-likeness (QED) is 0.422. The predicted octanol–water partition coefficient (Wildman–Crippen LogP) is 3.74. The minimum absolute atomic E-state index is 0.00515. The molecule has 0 spiro atoms. The maximum Gasteiger partial charge on any atom is 0.262 e. The molecule has 29 heavy (non-hydrogen) atoms. The van der Waals surface area contributed by atoms with Crippen molar-refractivity contribution in [1.82, 2.24) is 14.5 Å². The van der Waals surface area contributed by atoms with Crippen LogP contribution >= 0.6 is 11.8 Å². The lowest BCUT2D eigenvalue weighted by Crippen LogP contribution is -2.29. The van der Waals surface area contributed by atoms with Crippen molar-refractivity contribution in [2.75, 3.05) is 18.8 Å². The standard InChI is InChI=1S/C23H25N3O2S/c27-21-12-6-14-25(21)15-7-16-26-22(28)19-10-4-5-11-20(19)24-23(26)29-17-13-18-8-2-1-3-9-18/h1-5,8-11H,6-7,12-17H2. The average molecular weight is 408 g/mol. The molecule has 1 aromatic heterocycles. The Bertz CT molecular complexity index is 1050. The molecule has 0 radical (unpaired) electrons. The van der Waals surface area contributed by atoms with E-state index in [1.54, 1.807) is 16.3 Å². The topological polar surface area (TPSA) is 55.2 Å². The molecule has 2 aromatic carbocycles. The van der Waals surface area contributed by atoms with E-state index in [4.69, 9.17) is 4.98 Å². The molecular weight excluding hydrogens is 382 g/mol. The van der Waals surface area contributed by atoms with Crippen molar-refractivity contribution < 1.29 is 4.79 Å². The van der Waals surface area contributed by atoms with E-state index in [0.29, 0.717) is 24.9 Å². The van der Waals surface area contributed by atoms with Crippen molar-refractivity contribution in [1.29, 1.82) is 0 Å². The summed E-state index contributed by atoms with van der Waals surface area (Å²) >= 11 is 1.63. The van der Waals surface area contributed by atoms with Gasteiger partial charge in [-0.25, -0.2) is 4.98 Å². The van der Waals surface area contributed by atoms with Gasteiger partial charge in [0.2, 0.25) is 5.91 Å². The van der Waals surface area contributed by atoms with Crippen molar-refractivity contribution >= 4 is 28.6 Å². The molecule has 6 heteroatoms. The van der Waals surface area contributed by atoms with Crippen molar-refractivity contribution in [3.8, 4) is 0 Å². The third-order valence-electron chi connectivity index (χ3n) is 5.27. The smallest absolute Gasteiger partial charge is 0.262 e. The maximum absolute atomic E-state index is 13.1. The summed E-state index contributed by atoms with van der Waals surface area (Å²) in [7, 11) is 0. The average Bonchev–Trinajstić information content (AvgIpc) is 3.16. The van der Waals surface area contributed by atoms with Crippen LogP contribution in [0.3, 0.4) is 0 Å². The van der Waals surface area contributed by atoms with Gasteiger partial charge in [0.05, 0.1) is 10.9 Å². The third kappa shape index (κ3) is 4.70. The van der Waals surface area contributed by atoms with Crippen LogP contribution < -0.4 is 5.56 Å². The number of para-hydroxylation sites is 1. The van der Waals surface area contributed by atoms with Crippen LogP contribution in [0.4, 0.5) is 0 Å². The van der Waals surface area contributed by atoms with Gasteiger partial charge in [0.15, 0.2) is 5.16 Å². The lowest BCUT2D eigenvalue weighted by Gasteiger charge is -2.17. The number of amides is 1. The zero-order valence-corrected chi connectivity index (χ0v) is 17.2. The number of likely N-dealkylation sites (tertiary alicyclic amines) is 1. The number of hydrogen-bond donors (Lipinski definition) is 0. The Labute approximate surface area is 174 Å². The van der Waals surface area contributed by atoms with Crippen LogP contribution in [0.5, 0.6) is 0 Å². The summed E-state index contributed by atoms with van der Waals surface area (Å²) in [6.07, 6.45) is 3.28. The van der Waals surface area contributed by atoms with Crippen LogP contribution in [-0.4, -0.2) is 39.2 Å². The van der Waals surface area contributed by atoms with Crippen LogP contribution in [0.2, 0.25) is 0 Å². The van der Waals surface area contributed by atoms with Gasteiger partial charge in [-0.3, -0.25) is 14.2 Å². The lowest BCUT2D eigenvalue weighted by atomic mass is 10.2. The monoisotopic (exact) mass is 407 g/mol. The molecule has 1 aliphatic rings. The first kappa shape index (κ1) is 19.7. The molecule has 0 atom stereocenters. The van der Waals surface area contributed by atoms with Crippen LogP contribution in [-0.2, 0) is 17.8 Å². The number of thioether (sulfide) groups is 1. The fraction of sp³-hybridized carbons (Fsp3) is 0.348. The van der Waals surface area contributed by atoms with E-state index in [-0.39, 0.29) is 11.5 Å². The number of aryl methyl sites for hydroxylation is 1. The lowest BCUT2D eigenvalue weighted by molar-refractivity contribution is -0.127. The minimum Gasteiger partial charge on any atom is -0.343 e. The van der Waals surface area contributed by atoms with Crippen molar-refractivity contribution in [2.24, 2.45) is 0 Å². The van der Waals surface area contributed by atoms with Gasteiger partial charge in [-0.05, 0) is 37.0 Å². The van der Waals surface area contributed by atoms with Gasteiger partial charge >= 0.3 is 0 Å². The van der Waals surface area contributed by atoms with Crippen LogP contribution in [0, 0.1) is 0 Å². The number of benzene rings is 2. The van der Waals surface area contributed by atoms with Gasteiger partial charge in [-0.15, -0.1) is 0 Å². The molecule has 2 heterocycles. The number of carbonyl (C=O) groups excluding carboxylic acids is 1. The van der Waals surface area contributed by atoms with Crippen molar-refractivity contribution in [2.45, 2.75) is 37.4 Å². The molecule has 1 saturated heterocycles. The van der Waals surface area contributed by atoms with Gasteiger partial charge in [0.1, 0.15) is 0 Å². The fourth-order valence-electron chi connectivity index (χ4n) is 3.72. The molecule has 1 fully saturated rings. The minimum atomic E-state index is 0.00515. The largest absolute Gasteiger partial charge is 0.343 e.